The fourth-order valence-corrected chi connectivity index (χ4v) is 3.72. The van der Waals surface area contributed by atoms with E-state index in [4.69, 9.17) is 11.6 Å². The molecule has 0 saturated carbocycles. The van der Waals surface area contributed by atoms with Crippen molar-refractivity contribution in [1.29, 1.82) is 0 Å². The van der Waals surface area contributed by atoms with E-state index in [1.807, 2.05) is 18.7 Å². The Labute approximate surface area is 172 Å². The SMILES string of the molecule is CCN(CC)c1ncc(Cl)c(C(=O)N2CCC(C(=O)Nc3nncs3)CC2)n1. The maximum Gasteiger partial charge on any atom is 0.274 e. The lowest BCUT2D eigenvalue weighted by molar-refractivity contribution is -0.121. The van der Waals surface area contributed by atoms with Crippen molar-refractivity contribution in [1.82, 2.24) is 25.1 Å². The Morgan fingerprint density at radius 2 is 2.04 bits per heavy atom. The van der Waals surface area contributed by atoms with Crippen LogP contribution in [0.1, 0.15) is 37.2 Å². The van der Waals surface area contributed by atoms with E-state index < -0.39 is 0 Å². The topological polar surface area (TPSA) is 104 Å². The van der Waals surface area contributed by atoms with Crippen LogP contribution in [0.2, 0.25) is 5.02 Å². The first-order valence-corrected chi connectivity index (χ1v) is 10.4. The molecule has 0 radical (unpaired) electrons. The zero-order valence-corrected chi connectivity index (χ0v) is 17.3. The van der Waals surface area contributed by atoms with Crippen LogP contribution in [-0.2, 0) is 4.79 Å². The summed E-state index contributed by atoms with van der Waals surface area (Å²) in [5.74, 6) is 0.000604. The molecule has 0 aliphatic carbocycles. The highest BCUT2D eigenvalue weighted by Crippen LogP contribution is 2.24. The summed E-state index contributed by atoms with van der Waals surface area (Å²) in [7, 11) is 0. The van der Waals surface area contributed by atoms with Gasteiger partial charge in [-0.15, -0.1) is 10.2 Å². The number of aromatic nitrogens is 4. The minimum absolute atomic E-state index is 0.0901. The second-order valence-corrected chi connectivity index (χ2v) is 7.58. The standard InChI is InChI=1S/C17H22ClN7O2S/c1-3-24(4-2)16-19-9-12(18)13(21-16)15(27)25-7-5-11(6-8-25)14(26)22-17-23-20-10-28-17/h9-11H,3-8H2,1-2H3,(H,22,23,26). The molecule has 0 atom stereocenters. The zero-order chi connectivity index (χ0) is 20.1. The van der Waals surface area contributed by atoms with E-state index in [-0.39, 0.29) is 28.4 Å². The van der Waals surface area contributed by atoms with Crippen LogP contribution in [0.3, 0.4) is 0 Å². The first-order valence-electron chi connectivity index (χ1n) is 9.17. The molecular formula is C17H22ClN7O2S. The molecule has 2 aromatic heterocycles. The third-order valence-corrected chi connectivity index (χ3v) is 5.61. The molecule has 1 aliphatic rings. The van der Waals surface area contributed by atoms with E-state index in [0.717, 1.165) is 13.1 Å². The normalized spacial score (nSPS) is 14.8. The zero-order valence-electron chi connectivity index (χ0n) is 15.8. The summed E-state index contributed by atoms with van der Waals surface area (Å²) in [6.07, 6.45) is 2.61. The average Bonchev–Trinajstić information content (AvgIpc) is 3.22. The van der Waals surface area contributed by atoms with Crippen molar-refractivity contribution >= 4 is 45.8 Å². The Kier molecular flexibility index (Phi) is 6.74. The predicted octanol–water partition coefficient (Wildman–Crippen LogP) is 2.32. The molecule has 0 spiro atoms. The molecule has 1 fully saturated rings. The molecule has 0 aromatic carbocycles. The summed E-state index contributed by atoms with van der Waals surface area (Å²) in [5.41, 5.74) is 1.77. The maximum atomic E-state index is 12.9. The Morgan fingerprint density at radius 1 is 1.32 bits per heavy atom. The fourth-order valence-electron chi connectivity index (χ4n) is 3.10. The summed E-state index contributed by atoms with van der Waals surface area (Å²) in [6.45, 7) is 6.41. The van der Waals surface area contributed by atoms with E-state index in [9.17, 15) is 9.59 Å². The molecular weight excluding hydrogens is 402 g/mol. The molecule has 9 nitrogen and oxygen atoms in total. The summed E-state index contributed by atoms with van der Waals surface area (Å²) < 4.78 is 0. The number of nitrogens with one attached hydrogen (secondary N) is 1. The van der Waals surface area contributed by atoms with Gasteiger partial charge in [-0.2, -0.15) is 0 Å². The second kappa shape index (κ2) is 9.24. The van der Waals surface area contributed by atoms with Gasteiger partial charge in [0.2, 0.25) is 17.0 Å². The van der Waals surface area contributed by atoms with Gasteiger partial charge in [0, 0.05) is 32.1 Å². The molecule has 3 rings (SSSR count). The number of hydrogen-bond donors (Lipinski definition) is 1. The number of anilines is 2. The molecule has 1 N–H and O–H groups in total. The number of nitrogens with zero attached hydrogens (tertiary/aromatic N) is 6. The van der Waals surface area contributed by atoms with Crippen molar-refractivity contribution in [3.8, 4) is 0 Å². The van der Waals surface area contributed by atoms with Crippen molar-refractivity contribution in [2.45, 2.75) is 26.7 Å². The van der Waals surface area contributed by atoms with Gasteiger partial charge in [0.05, 0.1) is 11.2 Å². The summed E-state index contributed by atoms with van der Waals surface area (Å²) >= 11 is 7.47. The molecule has 1 saturated heterocycles. The van der Waals surface area contributed by atoms with Gasteiger partial charge in [-0.1, -0.05) is 22.9 Å². The molecule has 0 bridgehead atoms. The first kappa shape index (κ1) is 20.4. The summed E-state index contributed by atoms with van der Waals surface area (Å²) in [4.78, 5) is 37.5. The van der Waals surface area contributed by atoms with Gasteiger partial charge in [-0.05, 0) is 26.7 Å². The van der Waals surface area contributed by atoms with Gasteiger partial charge in [0.15, 0.2) is 5.69 Å². The van der Waals surface area contributed by atoms with Gasteiger partial charge in [-0.25, -0.2) is 9.97 Å². The molecule has 1 aliphatic heterocycles. The van der Waals surface area contributed by atoms with E-state index in [0.29, 0.717) is 37.0 Å². The van der Waals surface area contributed by atoms with Gasteiger partial charge in [0.25, 0.3) is 5.91 Å². The highest BCUT2D eigenvalue weighted by Gasteiger charge is 2.30. The van der Waals surface area contributed by atoms with Crippen LogP contribution >= 0.6 is 22.9 Å². The Bertz CT molecular complexity index is 821. The first-order chi connectivity index (χ1) is 13.5. The molecule has 2 amide bonds. The number of rotatable bonds is 6. The van der Waals surface area contributed by atoms with Crippen LogP contribution in [0.5, 0.6) is 0 Å². The van der Waals surface area contributed by atoms with Crippen molar-refractivity contribution in [2.24, 2.45) is 5.92 Å². The van der Waals surface area contributed by atoms with Crippen molar-refractivity contribution in [3.63, 3.8) is 0 Å². The van der Waals surface area contributed by atoms with E-state index in [1.54, 1.807) is 10.4 Å². The van der Waals surface area contributed by atoms with Crippen LogP contribution in [0.15, 0.2) is 11.7 Å². The van der Waals surface area contributed by atoms with Crippen LogP contribution in [0, 0.1) is 5.92 Å². The molecule has 150 valence electrons. The van der Waals surface area contributed by atoms with Gasteiger partial charge in [-0.3, -0.25) is 9.59 Å². The monoisotopic (exact) mass is 423 g/mol. The quantitative estimate of drug-likeness (QED) is 0.760. The van der Waals surface area contributed by atoms with Crippen molar-refractivity contribution in [2.75, 3.05) is 36.4 Å². The van der Waals surface area contributed by atoms with Crippen molar-refractivity contribution in [3.05, 3.63) is 22.4 Å². The number of piperidine rings is 1. The van der Waals surface area contributed by atoms with E-state index in [1.165, 1.54) is 17.5 Å². The lowest BCUT2D eigenvalue weighted by Crippen LogP contribution is -2.42. The predicted molar refractivity (Wildman–Crippen MR) is 108 cm³/mol. The molecule has 3 heterocycles. The van der Waals surface area contributed by atoms with Gasteiger partial charge < -0.3 is 15.1 Å². The highest BCUT2D eigenvalue weighted by molar-refractivity contribution is 7.13. The number of carbonyl (C=O) groups excluding carboxylic acids is 2. The van der Waals surface area contributed by atoms with Crippen LogP contribution in [-0.4, -0.2) is 63.1 Å². The van der Waals surface area contributed by atoms with E-state index >= 15 is 0 Å². The summed E-state index contributed by atoms with van der Waals surface area (Å²) in [5, 5.41) is 11.0. The van der Waals surface area contributed by atoms with Crippen LogP contribution in [0.25, 0.3) is 0 Å². The minimum Gasteiger partial charge on any atom is -0.341 e. The van der Waals surface area contributed by atoms with E-state index in [2.05, 4.69) is 25.5 Å². The highest BCUT2D eigenvalue weighted by atomic mass is 35.5. The van der Waals surface area contributed by atoms with Gasteiger partial charge >= 0.3 is 0 Å². The third kappa shape index (κ3) is 4.56. The third-order valence-electron chi connectivity index (χ3n) is 4.72. The molecule has 11 heteroatoms. The van der Waals surface area contributed by atoms with Crippen LogP contribution < -0.4 is 10.2 Å². The summed E-state index contributed by atoms with van der Waals surface area (Å²) in [6, 6.07) is 0. The molecule has 28 heavy (non-hydrogen) atoms. The number of likely N-dealkylation sites (tertiary alicyclic amines) is 1. The fraction of sp³-hybridized carbons (Fsp3) is 0.529. The Hall–Kier alpha value is -2.33. The maximum absolute atomic E-state index is 12.9. The second-order valence-electron chi connectivity index (χ2n) is 6.34. The number of hydrogen-bond acceptors (Lipinski definition) is 8. The minimum atomic E-state index is -0.233. The number of halogens is 1. The lowest BCUT2D eigenvalue weighted by Gasteiger charge is -2.31. The largest absolute Gasteiger partial charge is 0.341 e. The number of amides is 2. The van der Waals surface area contributed by atoms with Crippen LogP contribution in [0.4, 0.5) is 11.1 Å². The smallest absolute Gasteiger partial charge is 0.274 e. The molecule has 0 unspecified atom stereocenters. The average molecular weight is 424 g/mol. The van der Waals surface area contributed by atoms with Gasteiger partial charge in [0.1, 0.15) is 5.51 Å². The number of carbonyl (C=O) groups is 2. The Morgan fingerprint density at radius 3 is 2.64 bits per heavy atom. The van der Waals surface area contributed by atoms with Crippen molar-refractivity contribution < 1.29 is 9.59 Å². The lowest BCUT2D eigenvalue weighted by atomic mass is 9.96. The Balaban J connectivity index is 1.63. The molecule has 2 aromatic rings.